The predicted molar refractivity (Wildman–Crippen MR) is 72.3 cm³/mol. The molecule has 2 aliphatic rings. The van der Waals surface area contributed by atoms with Gasteiger partial charge in [-0.2, -0.15) is 0 Å². The fraction of sp³-hybridized carbons (Fsp3) is 1.00. The second-order valence-corrected chi connectivity index (χ2v) is 7.08. The van der Waals surface area contributed by atoms with Crippen LogP contribution in [-0.4, -0.2) is 23.3 Å². The third-order valence-corrected chi connectivity index (χ3v) is 4.37. The topological polar surface area (TPSA) is 21.3 Å². The van der Waals surface area contributed by atoms with E-state index in [1.165, 1.54) is 38.5 Å². The SMILES string of the molecule is CC1(C)CC(NC2CCCCCC2)C(C)(C)O1. The van der Waals surface area contributed by atoms with Gasteiger partial charge in [0.2, 0.25) is 0 Å². The molecule has 100 valence electrons. The van der Waals surface area contributed by atoms with Crippen LogP contribution < -0.4 is 5.32 Å². The molecular formula is C15H29NO. The molecule has 0 aromatic carbocycles. The van der Waals surface area contributed by atoms with E-state index in [0.29, 0.717) is 6.04 Å². The van der Waals surface area contributed by atoms with E-state index in [1.54, 1.807) is 0 Å². The molecule has 2 heteroatoms. The highest BCUT2D eigenvalue weighted by molar-refractivity contribution is 5.00. The van der Waals surface area contributed by atoms with Crippen molar-refractivity contribution in [2.45, 2.75) is 95.9 Å². The molecule has 0 aromatic rings. The first-order chi connectivity index (χ1) is 7.89. The van der Waals surface area contributed by atoms with Crippen molar-refractivity contribution in [3.05, 3.63) is 0 Å². The Balaban J connectivity index is 1.93. The molecule has 1 atom stereocenters. The Kier molecular flexibility index (Phi) is 3.84. The lowest BCUT2D eigenvalue weighted by molar-refractivity contribution is -0.0705. The van der Waals surface area contributed by atoms with Crippen LogP contribution in [0.5, 0.6) is 0 Å². The molecule has 2 nitrogen and oxygen atoms in total. The van der Waals surface area contributed by atoms with Crippen molar-refractivity contribution < 1.29 is 4.74 Å². The lowest BCUT2D eigenvalue weighted by atomic mass is 9.93. The summed E-state index contributed by atoms with van der Waals surface area (Å²) in [4.78, 5) is 0. The van der Waals surface area contributed by atoms with Gasteiger partial charge < -0.3 is 10.1 Å². The molecule has 1 N–H and O–H groups in total. The van der Waals surface area contributed by atoms with E-state index >= 15 is 0 Å². The summed E-state index contributed by atoms with van der Waals surface area (Å²) in [7, 11) is 0. The summed E-state index contributed by atoms with van der Waals surface area (Å²) in [5.41, 5.74) is 0.0156. The third kappa shape index (κ3) is 3.45. The summed E-state index contributed by atoms with van der Waals surface area (Å²) in [5.74, 6) is 0. The zero-order chi connectivity index (χ0) is 12.5. The summed E-state index contributed by atoms with van der Waals surface area (Å²) in [6.45, 7) is 8.89. The van der Waals surface area contributed by atoms with Crippen molar-refractivity contribution in [1.82, 2.24) is 5.32 Å². The van der Waals surface area contributed by atoms with E-state index in [2.05, 4.69) is 33.0 Å². The maximum Gasteiger partial charge on any atom is 0.0787 e. The summed E-state index contributed by atoms with van der Waals surface area (Å²) in [5, 5.41) is 3.88. The zero-order valence-corrected chi connectivity index (χ0v) is 12.0. The molecule has 0 bridgehead atoms. The standard InChI is InChI=1S/C15H29NO/c1-14(2)11-13(15(3,4)17-14)16-12-9-7-5-6-8-10-12/h12-13,16H,5-11H2,1-4H3. The summed E-state index contributed by atoms with van der Waals surface area (Å²) >= 11 is 0. The Morgan fingerprint density at radius 1 is 0.941 bits per heavy atom. The maximum absolute atomic E-state index is 6.16. The second kappa shape index (κ2) is 4.89. The highest BCUT2D eigenvalue weighted by Gasteiger charge is 2.46. The average molecular weight is 239 g/mol. The van der Waals surface area contributed by atoms with Crippen molar-refractivity contribution in [2.24, 2.45) is 0 Å². The van der Waals surface area contributed by atoms with Crippen LogP contribution in [0.15, 0.2) is 0 Å². The molecule has 0 amide bonds. The van der Waals surface area contributed by atoms with Gasteiger partial charge in [0.1, 0.15) is 0 Å². The molecule has 2 rings (SSSR count). The molecule has 0 radical (unpaired) electrons. The van der Waals surface area contributed by atoms with Crippen molar-refractivity contribution in [1.29, 1.82) is 0 Å². The Hall–Kier alpha value is -0.0800. The summed E-state index contributed by atoms with van der Waals surface area (Å²) in [6, 6.07) is 1.24. The van der Waals surface area contributed by atoms with Gasteiger partial charge in [-0.25, -0.2) is 0 Å². The highest BCUT2D eigenvalue weighted by atomic mass is 16.5. The van der Waals surface area contributed by atoms with Crippen LogP contribution in [0.3, 0.4) is 0 Å². The van der Waals surface area contributed by atoms with Gasteiger partial charge in [0, 0.05) is 12.1 Å². The molecule has 17 heavy (non-hydrogen) atoms. The Morgan fingerprint density at radius 3 is 2.00 bits per heavy atom. The van der Waals surface area contributed by atoms with Crippen LogP contribution in [0.1, 0.15) is 72.6 Å². The van der Waals surface area contributed by atoms with Crippen molar-refractivity contribution in [3.8, 4) is 0 Å². The van der Waals surface area contributed by atoms with E-state index in [-0.39, 0.29) is 11.2 Å². The van der Waals surface area contributed by atoms with E-state index in [0.717, 1.165) is 12.5 Å². The molecule has 1 heterocycles. The Bertz CT molecular complexity index is 252. The molecule has 1 unspecified atom stereocenters. The van der Waals surface area contributed by atoms with Gasteiger partial charge in [0.05, 0.1) is 11.2 Å². The van der Waals surface area contributed by atoms with Gasteiger partial charge in [0.25, 0.3) is 0 Å². The molecule has 1 aliphatic heterocycles. The maximum atomic E-state index is 6.16. The van der Waals surface area contributed by atoms with Crippen LogP contribution >= 0.6 is 0 Å². The third-order valence-electron chi connectivity index (χ3n) is 4.37. The van der Waals surface area contributed by atoms with Gasteiger partial charge >= 0.3 is 0 Å². The van der Waals surface area contributed by atoms with Crippen LogP contribution in [0.25, 0.3) is 0 Å². The highest BCUT2D eigenvalue weighted by Crippen LogP contribution is 2.38. The molecule has 2 fully saturated rings. The smallest absolute Gasteiger partial charge is 0.0787 e. The zero-order valence-electron chi connectivity index (χ0n) is 12.0. The quantitative estimate of drug-likeness (QED) is 0.743. The van der Waals surface area contributed by atoms with Gasteiger partial charge in [-0.1, -0.05) is 25.7 Å². The second-order valence-electron chi connectivity index (χ2n) is 7.08. The van der Waals surface area contributed by atoms with Gasteiger partial charge in [-0.3, -0.25) is 0 Å². The van der Waals surface area contributed by atoms with Crippen molar-refractivity contribution >= 4 is 0 Å². The first-order valence-corrected chi connectivity index (χ1v) is 7.35. The normalized spacial score (nSPS) is 33.5. The van der Waals surface area contributed by atoms with Gasteiger partial charge in [0.15, 0.2) is 0 Å². The van der Waals surface area contributed by atoms with E-state index in [9.17, 15) is 0 Å². The molecule has 1 saturated carbocycles. The first kappa shape index (κ1) is 13.4. The minimum absolute atomic E-state index is 0.0181. The minimum atomic E-state index is -0.0181. The number of hydrogen-bond donors (Lipinski definition) is 1. The number of ether oxygens (including phenoxy) is 1. The molecule has 0 aromatic heterocycles. The van der Waals surface area contributed by atoms with E-state index in [4.69, 9.17) is 4.74 Å². The average Bonchev–Trinajstić information content (AvgIpc) is 2.41. The largest absolute Gasteiger partial charge is 0.368 e. The lowest BCUT2D eigenvalue weighted by Gasteiger charge is -2.31. The van der Waals surface area contributed by atoms with Crippen LogP contribution in [0.2, 0.25) is 0 Å². The van der Waals surface area contributed by atoms with Crippen LogP contribution in [0, 0.1) is 0 Å². The van der Waals surface area contributed by atoms with Gasteiger partial charge in [-0.05, 0) is 47.0 Å². The fourth-order valence-corrected chi connectivity index (χ4v) is 3.55. The van der Waals surface area contributed by atoms with E-state index in [1.807, 2.05) is 0 Å². The first-order valence-electron chi connectivity index (χ1n) is 7.35. The summed E-state index contributed by atoms with van der Waals surface area (Å²) in [6.07, 6.45) is 9.49. The number of hydrogen-bond acceptors (Lipinski definition) is 2. The molecule has 0 spiro atoms. The van der Waals surface area contributed by atoms with Crippen molar-refractivity contribution in [2.75, 3.05) is 0 Å². The van der Waals surface area contributed by atoms with E-state index < -0.39 is 0 Å². The minimum Gasteiger partial charge on any atom is -0.368 e. The Morgan fingerprint density at radius 2 is 1.53 bits per heavy atom. The number of nitrogens with one attached hydrogen (secondary N) is 1. The molecule has 1 aliphatic carbocycles. The van der Waals surface area contributed by atoms with Crippen molar-refractivity contribution in [3.63, 3.8) is 0 Å². The predicted octanol–water partition coefficient (Wildman–Crippen LogP) is 3.64. The van der Waals surface area contributed by atoms with Crippen LogP contribution in [0.4, 0.5) is 0 Å². The monoisotopic (exact) mass is 239 g/mol. The number of rotatable bonds is 2. The lowest BCUT2D eigenvalue weighted by Crippen LogP contribution is -2.47. The van der Waals surface area contributed by atoms with Gasteiger partial charge in [-0.15, -0.1) is 0 Å². The van der Waals surface area contributed by atoms with Crippen LogP contribution in [-0.2, 0) is 4.74 Å². The summed E-state index contributed by atoms with van der Waals surface area (Å²) < 4.78 is 6.16. The fourth-order valence-electron chi connectivity index (χ4n) is 3.55. The molecule has 1 saturated heterocycles. The Labute approximate surface area is 107 Å². The molecular weight excluding hydrogens is 210 g/mol.